The summed E-state index contributed by atoms with van der Waals surface area (Å²) in [4.78, 5) is 11.5. The average molecular weight is 401 g/mol. The molecule has 0 spiro atoms. The summed E-state index contributed by atoms with van der Waals surface area (Å²) in [5.74, 6) is 5.56. The van der Waals surface area contributed by atoms with Crippen LogP contribution >= 0.6 is 23.2 Å². The molecule has 1 aromatic carbocycles. The van der Waals surface area contributed by atoms with Gasteiger partial charge in [0.25, 0.3) is 0 Å². The predicted molar refractivity (Wildman–Crippen MR) is 98.4 cm³/mol. The number of nitrogens with two attached hydrogens (primary N) is 1. The fourth-order valence-corrected chi connectivity index (χ4v) is 2.65. The minimum atomic E-state index is -0.856. The molecule has 0 saturated heterocycles. The Morgan fingerprint density at radius 2 is 2.00 bits per heavy atom. The smallest absolute Gasteiger partial charge is 0.346 e. The van der Waals surface area contributed by atoms with Crippen LogP contribution in [0.15, 0.2) is 17.2 Å². The van der Waals surface area contributed by atoms with Crippen molar-refractivity contribution in [3.05, 3.63) is 33.4 Å². The molecule has 10 heteroatoms. The standard InChI is InChI=1S/C16H18Cl2N4O4/c1-8-10(7-20-19)15(22(3)21-8)26-14-6-13(11(17)5-12(14)18)25-9(2)16(23)24-4/h5-7,9H,19H2,1-4H3/b20-7+/t9-/m0/s1. The average Bonchev–Trinajstić information content (AvgIpc) is 2.85. The number of hydrogen-bond donors (Lipinski definition) is 1. The van der Waals surface area contributed by atoms with Gasteiger partial charge >= 0.3 is 5.97 Å². The van der Waals surface area contributed by atoms with E-state index in [4.69, 9.17) is 38.5 Å². The lowest BCUT2D eigenvalue weighted by molar-refractivity contribution is -0.147. The Hall–Kier alpha value is -2.45. The molecular weight excluding hydrogens is 383 g/mol. The van der Waals surface area contributed by atoms with Crippen molar-refractivity contribution in [1.29, 1.82) is 0 Å². The normalized spacial score (nSPS) is 12.2. The Balaban J connectivity index is 2.39. The summed E-state index contributed by atoms with van der Waals surface area (Å²) < 4.78 is 17.6. The molecule has 0 aliphatic heterocycles. The third-order valence-corrected chi connectivity index (χ3v) is 4.04. The lowest BCUT2D eigenvalue weighted by Gasteiger charge is -2.16. The van der Waals surface area contributed by atoms with E-state index in [0.29, 0.717) is 17.1 Å². The van der Waals surface area contributed by atoms with E-state index in [2.05, 4.69) is 14.9 Å². The molecule has 2 rings (SSSR count). The number of ether oxygens (including phenoxy) is 3. The number of hydrogen-bond acceptors (Lipinski definition) is 7. The number of esters is 1. The largest absolute Gasteiger partial charge is 0.477 e. The van der Waals surface area contributed by atoms with Gasteiger partial charge in [-0.3, -0.25) is 0 Å². The molecule has 2 N–H and O–H groups in total. The summed E-state index contributed by atoms with van der Waals surface area (Å²) in [6, 6.07) is 2.94. The number of benzene rings is 1. The molecule has 1 heterocycles. The summed E-state index contributed by atoms with van der Waals surface area (Å²) >= 11 is 12.4. The summed E-state index contributed by atoms with van der Waals surface area (Å²) in [6.07, 6.45) is 0.573. The van der Waals surface area contributed by atoms with Crippen LogP contribution in [-0.2, 0) is 16.6 Å². The third-order valence-electron chi connectivity index (χ3n) is 3.45. The third kappa shape index (κ3) is 4.20. The molecule has 0 aliphatic rings. The number of carbonyl (C=O) groups excluding carboxylic acids is 1. The van der Waals surface area contributed by atoms with Gasteiger partial charge in [0, 0.05) is 13.1 Å². The lowest BCUT2D eigenvalue weighted by Crippen LogP contribution is -2.25. The van der Waals surface area contributed by atoms with Crippen LogP contribution < -0.4 is 15.3 Å². The molecule has 140 valence electrons. The van der Waals surface area contributed by atoms with E-state index in [0.717, 1.165) is 0 Å². The van der Waals surface area contributed by atoms with E-state index in [1.165, 1.54) is 37.1 Å². The van der Waals surface area contributed by atoms with Crippen molar-refractivity contribution in [2.45, 2.75) is 20.0 Å². The molecule has 0 amide bonds. The van der Waals surface area contributed by atoms with E-state index >= 15 is 0 Å². The first-order valence-corrected chi connectivity index (χ1v) is 8.22. The molecule has 0 saturated carbocycles. The summed E-state index contributed by atoms with van der Waals surface area (Å²) in [5, 5.41) is 8.25. The van der Waals surface area contributed by atoms with Gasteiger partial charge in [0.15, 0.2) is 11.9 Å². The second-order valence-electron chi connectivity index (χ2n) is 5.30. The lowest BCUT2D eigenvalue weighted by atomic mass is 10.2. The number of nitrogens with zero attached hydrogens (tertiary/aromatic N) is 3. The molecule has 2 aromatic rings. The molecular formula is C16H18Cl2N4O4. The van der Waals surface area contributed by atoms with Gasteiger partial charge in [0.1, 0.15) is 5.75 Å². The van der Waals surface area contributed by atoms with E-state index in [1.807, 2.05) is 0 Å². The van der Waals surface area contributed by atoms with Crippen molar-refractivity contribution in [2.24, 2.45) is 18.0 Å². The highest BCUT2D eigenvalue weighted by molar-refractivity contribution is 6.36. The Morgan fingerprint density at radius 3 is 2.62 bits per heavy atom. The van der Waals surface area contributed by atoms with Crippen molar-refractivity contribution in [2.75, 3.05) is 7.11 Å². The minimum absolute atomic E-state index is 0.219. The number of methoxy groups -OCH3 is 1. The SMILES string of the molecule is COC(=O)[C@H](C)Oc1cc(Oc2c(/C=N/N)c(C)nn2C)c(Cl)cc1Cl. The number of aryl methyl sites for hydroxylation is 2. The second-order valence-corrected chi connectivity index (χ2v) is 6.12. The van der Waals surface area contributed by atoms with Crippen LogP contribution in [0.3, 0.4) is 0 Å². The van der Waals surface area contributed by atoms with Crippen LogP contribution in [0.25, 0.3) is 0 Å². The topological polar surface area (TPSA) is 101 Å². The van der Waals surface area contributed by atoms with Crippen molar-refractivity contribution < 1.29 is 19.0 Å². The van der Waals surface area contributed by atoms with Crippen molar-refractivity contribution in [3.63, 3.8) is 0 Å². The van der Waals surface area contributed by atoms with E-state index in [9.17, 15) is 4.79 Å². The molecule has 0 radical (unpaired) electrons. The highest BCUT2D eigenvalue weighted by atomic mass is 35.5. The van der Waals surface area contributed by atoms with Crippen LogP contribution in [0.2, 0.25) is 10.0 Å². The maximum atomic E-state index is 11.5. The van der Waals surface area contributed by atoms with Crippen molar-refractivity contribution >= 4 is 35.4 Å². The van der Waals surface area contributed by atoms with Gasteiger partial charge < -0.3 is 20.1 Å². The maximum absolute atomic E-state index is 11.5. The Bertz CT molecular complexity index is 851. The molecule has 0 aliphatic carbocycles. The van der Waals surface area contributed by atoms with Gasteiger partial charge in [-0.15, -0.1) is 0 Å². The summed E-state index contributed by atoms with van der Waals surface area (Å²) in [6.45, 7) is 3.33. The van der Waals surface area contributed by atoms with Gasteiger partial charge in [-0.25, -0.2) is 9.48 Å². The zero-order chi connectivity index (χ0) is 19.4. The molecule has 1 atom stereocenters. The number of carbonyl (C=O) groups is 1. The molecule has 0 unspecified atom stereocenters. The highest BCUT2D eigenvalue weighted by Crippen LogP contribution is 2.39. The van der Waals surface area contributed by atoms with Gasteiger partial charge in [-0.05, 0) is 19.9 Å². The van der Waals surface area contributed by atoms with Crippen LogP contribution in [0.1, 0.15) is 18.2 Å². The Morgan fingerprint density at radius 1 is 1.35 bits per heavy atom. The monoisotopic (exact) mass is 400 g/mol. The maximum Gasteiger partial charge on any atom is 0.346 e. The quantitative estimate of drug-likeness (QED) is 0.346. The fraction of sp³-hybridized carbons (Fsp3) is 0.312. The van der Waals surface area contributed by atoms with Crippen molar-refractivity contribution in [1.82, 2.24) is 9.78 Å². The van der Waals surface area contributed by atoms with Crippen LogP contribution in [0, 0.1) is 6.92 Å². The predicted octanol–water partition coefficient (Wildman–Crippen LogP) is 3.06. The van der Waals surface area contributed by atoms with Crippen LogP contribution in [0.5, 0.6) is 17.4 Å². The van der Waals surface area contributed by atoms with Gasteiger partial charge in [-0.1, -0.05) is 23.2 Å². The first-order chi connectivity index (χ1) is 12.3. The fourth-order valence-electron chi connectivity index (χ4n) is 2.19. The van der Waals surface area contributed by atoms with E-state index < -0.39 is 12.1 Å². The van der Waals surface area contributed by atoms with E-state index in [-0.39, 0.29) is 21.5 Å². The van der Waals surface area contributed by atoms with Crippen LogP contribution in [-0.4, -0.2) is 35.2 Å². The molecule has 1 aromatic heterocycles. The molecule has 8 nitrogen and oxygen atoms in total. The second kappa shape index (κ2) is 8.29. The number of hydrazone groups is 1. The summed E-state index contributed by atoms with van der Waals surface area (Å²) in [7, 11) is 2.97. The summed E-state index contributed by atoms with van der Waals surface area (Å²) in [5.41, 5.74) is 1.28. The van der Waals surface area contributed by atoms with E-state index in [1.54, 1.807) is 14.0 Å². The van der Waals surface area contributed by atoms with Gasteiger partial charge in [-0.2, -0.15) is 10.2 Å². The number of rotatable bonds is 6. The molecule has 26 heavy (non-hydrogen) atoms. The van der Waals surface area contributed by atoms with Crippen LogP contribution in [0.4, 0.5) is 0 Å². The van der Waals surface area contributed by atoms with Gasteiger partial charge in [0.05, 0.1) is 34.6 Å². The molecule has 0 bridgehead atoms. The number of aromatic nitrogens is 2. The zero-order valence-electron chi connectivity index (χ0n) is 14.6. The molecule has 0 fully saturated rings. The van der Waals surface area contributed by atoms with Gasteiger partial charge in [0.2, 0.25) is 5.88 Å². The highest BCUT2D eigenvalue weighted by Gasteiger charge is 2.20. The van der Waals surface area contributed by atoms with Crippen molar-refractivity contribution in [3.8, 4) is 17.4 Å². The Kier molecular flexibility index (Phi) is 6.33. The first-order valence-electron chi connectivity index (χ1n) is 7.46. The zero-order valence-corrected chi connectivity index (χ0v) is 16.1. The number of halogens is 2. The Labute approximate surface area is 160 Å². The minimum Gasteiger partial charge on any atom is -0.477 e. The first kappa shape index (κ1) is 19.9.